The van der Waals surface area contributed by atoms with Crippen LogP contribution in [0.1, 0.15) is 46.5 Å². The molecule has 1 rings (SSSR count). The van der Waals surface area contributed by atoms with E-state index in [0.29, 0.717) is 13.1 Å². The maximum absolute atomic E-state index is 11.4. The van der Waals surface area contributed by atoms with E-state index in [2.05, 4.69) is 19.2 Å². The van der Waals surface area contributed by atoms with Crippen LogP contribution in [0.15, 0.2) is 0 Å². The lowest BCUT2D eigenvalue weighted by Gasteiger charge is -2.40. The highest BCUT2D eigenvalue weighted by Gasteiger charge is 2.36. The van der Waals surface area contributed by atoms with Gasteiger partial charge < -0.3 is 15.8 Å². The SMILES string of the molecule is CCNC(=O)COC1(CN)CCC(C(C)C)CC1. The third-order valence-corrected chi connectivity index (χ3v) is 4.14. The summed E-state index contributed by atoms with van der Waals surface area (Å²) in [7, 11) is 0. The lowest BCUT2D eigenvalue weighted by Crippen LogP contribution is -2.46. The van der Waals surface area contributed by atoms with Gasteiger partial charge >= 0.3 is 0 Å². The van der Waals surface area contributed by atoms with Gasteiger partial charge in [-0.3, -0.25) is 4.79 Å². The molecule has 0 aromatic heterocycles. The molecular weight excluding hydrogens is 228 g/mol. The van der Waals surface area contributed by atoms with E-state index in [1.165, 1.54) is 0 Å². The Morgan fingerprint density at radius 2 is 2.06 bits per heavy atom. The highest BCUT2D eigenvalue weighted by atomic mass is 16.5. The van der Waals surface area contributed by atoms with Crippen molar-refractivity contribution < 1.29 is 9.53 Å². The Labute approximate surface area is 111 Å². The van der Waals surface area contributed by atoms with Crippen molar-refractivity contribution in [2.45, 2.75) is 52.1 Å². The predicted molar refractivity (Wildman–Crippen MR) is 73.2 cm³/mol. The Morgan fingerprint density at radius 1 is 1.44 bits per heavy atom. The number of rotatable bonds is 6. The van der Waals surface area contributed by atoms with Gasteiger partial charge in [0, 0.05) is 13.1 Å². The highest BCUT2D eigenvalue weighted by Crippen LogP contribution is 2.37. The van der Waals surface area contributed by atoms with E-state index in [9.17, 15) is 4.79 Å². The second-order valence-electron chi connectivity index (χ2n) is 5.71. The molecule has 0 spiro atoms. The Bertz CT molecular complexity index is 259. The van der Waals surface area contributed by atoms with E-state index in [1.807, 2.05) is 6.92 Å². The van der Waals surface area contributed by atoms with E-state index >= 15 is 0 Å². The summed E-state index contributed by atoms with van der Waals surface area (Å²) < 4.78 is 5.83. The number of nitrogens with one attached hydrogen (secondary N) is 1. The van der Waals surface area contributed by atoms with Gasteiger partial charge in [0.05, 0.1) is 5.60 Å². The van der Waals surface area contributed by atoms with Gasteiger partial charge in [-0.15, -0.1) is 0 Å². The monoisotopic (exact) mass is 256 g/mol. The molecule has 4 heteroatoms. The van der Waals surface area contributed by atoms with Crippen LogP contribution < -0.4 is 11.1 Å². The second kappa shape index (κ2) is 7.10. The molecule has 0 unspecified atom stereocenters. The van der Waals surface area contributed by atoms with Crippen LogP contribution in [0.4, 0.5) is 0 Å². The number of carbonyl (C=O) groups excluding carboxylic acids is 1. The van der Waals surface area contributed by atoms with E-state index < -0.39 is 0 Å². The smallest absolute Gasteiger partial charge is 0.246 e. The maximum atomic E-state index is 11.4. The second-order valence-corrected chi connectivity index (χ2v) is 5.71. The van der Waals surface area contributed by atoms with Crippen molar-refractivity contribution in [1.82, 2.24) is 5.32 Å². The Kier molecular flexibility index (Phi) is 6.09. The minimum Gasteiger partial charge on any atom is -0.364 e. The van der Waals surface area contributed by atoms with Crippen molar-refractivity contribution in [2.75, 3.05) is 19.7 Å². The van der Waals surface area contributed by atoms with E-state index in [4.69, 9.17) is 10.5 Å². The zero-order valence-corrected chi connectivity index (χ0v) is 12.0. The van der Waals surface area contributed by atoms with Crippen LogP contribution in [0.3, 0.4) is 0 Å². The highest BCUT2D eigenvalue weighted by molar-refractivity contribution is 5.77. The summed E-state index contributed by atoms with van der Waals surface area (Å²) in [5.41, 5.74) is 5.60. The van der Waals surface area contributed by atoms with Gasteiger partial charge in [0.15, 0.2) is 0 Å². The zero-order chi connectivity index (χ0) is 13.6. The molecule has 0 aromatic rings. The molecule has 4 nitrogen and oxygen atoms in total. The molecule has 1 aliphatic rings. The third kappa shape index (κ3) is 4.25. The third-order valence-electron chi connectivity index (χ3n) is 4.14. The minimum absolute atomic E-state index is 0.0451. The summed E-state index contributed by atoms with van der Waals surface area (Å²) in [6, 6.07) is 0. The Morgan fingerprint density at radius 3 is 2.50 bits per heavy atom. The van der Waals surface area contributed by atoms with Crippen LogP contribution >= 0.6 is 0 Å². The van der Waals surface area contributed by atoms with Crippen molar-refractivity contribution in [3.8, 4) is 0 Å². The van der Waals surface area contributed by atoms with Gasteiger partial charge in [-0.25, -0.2) is 0 Å². The number of hydrogen-bond acceptors (Lipinski definition) is 3. The first-order valence-corrected chi connectivity index (χ1v) is 7.13. The van der Waals surface area contributed by atoms with Crippen LogP contribution in [0.5, 0.6) is 0 Å². The van der Waals surface area contributed by atoms with Gasteiger partial charge in [0.25, 0.3) is 0 Å². The summed E-state index contributed by atoms with van der Waals surface area (Å²) in [6.07, 6.45) is 4.27. The molecule has 0 radical (unpaired) electrons. The number of amides is 1. The van der Waals surface area contributed by atoms with E-state index in [-0.39, 0.29) is 18.1 Å². The molecule has 1 saturated carbocycles. The maximum Gasteiger partial charge on any atom is 0.246 e. The van der Waals surface area contributed by atoms with E-state index in [1.54, 1.807) is 0 Å². The van der Waals surface area contributed by atoms with Gasteiger partial charge in [-0.05, 0) is 44.4 Å². The average Bonchev–Trinajstić information content (AvgIpc) is 2.37. The fourth-order valence-corrected chi connectivity index (χ4v) is 2.71. The molecule has 0 atom stereocenters. The molecule has 1 amide bonds. The number of likely N-dealkylation sites (N-methyl/N-ethyl adjacent to an activating group) is 1. The molecule has 0 saturated heterocycles. The average molecular weight is 256 g/mol. The topological polar surface area (TPSA) is 64.3 Å². The fourth-order valence-electron chi connectivity index (χ4n) is 2.71. The van der Waals surface area contributed by atoms with Gasteiger partial charge in [0.1, 0.15) is 6.61 Å². The van der Waals surface area contributed by atoms with E-state index in [0.717, 1.165) is 37.5 Å². The Hall–Kier alpha value is -0.610. The molecule has 1 fully saturated rings. The van der Waals surface area contributed by atoms with Gasteiger partial charge in [-0.1, -0.05) is 13.8 Å². The summed E-state index contributed by atoms with van der Waals surface area (Å²) in [4.78, 5) is 11.4. The van der Waals surface area contributed by atoms with Crippen molar-refractivity contribution >= 4 is 5.91 Å². The van der Waals surface area contributed by atoms with Crippen LogP contribution in [-0.4, -0.2) is 31.2 Å². The molecular formula is C14H28N2O2. The van der Waals surface area contributed by atoms with Crippen molar-refractivity contribution in [1.29, 1.82) is 0 Å². The predicted octanol–water partition coefficient (Wildman–Crippen LogP) is 1.68. The largest absolute Gasteiger partial charge is 0.364 e. The normalized spacial score (nSPS) is 28.4. The summed E-state index contributed by atoms with van der Waals surface area (Å²) in [5, 5.41) is 2.75. The van der Waals surface area contributed by atoms with Crippen molar-refractivity contribution in [3.05, 3.63) is 0 Å². The number of nitrogens with two attached hydrogens (primary N) is 1. The molecule has 0 heterocycles. The lowest BCUT2D eigenvalue weighted by molar-refractivity contribution is -0.136. The molecule has 106 valence electrons. The number of ether oxygens (including phenoxy) is 1. The lowest BCUT2D eigenvalue weighted by atomic mass is 9.74. The number of carbonyl (C=O) groups is 1. The zero-order valence-electron chi connectivity index (χ0n) is 12.0. The fraction of sp³-hybridized carbons (Fsp3) is 0.929. The van der Waals surface area contributed by atoms with Gasteiger partial charge in [0.2, 0.25) is 5.91 Å². The quantitative estimate of drug-likeness (QED) is 0.760. The van der Waals surface area contributed by atoms with Crippen LogP contribution in [0.25, 0.3) is 0 Å². The minimum atomic E-state index is -0.267. The number of hydrogen-bond donors (Lipinski definition) is 2. The van der Waals surface area contributed by atoms with Crippen molar-refractivity contribution in [3.63, 3.8) is 0 Å². The summed E-state index contributed by atoms with van der Waals surface area (Å²) in [5.74, 6) is 1.46. The molecule has 1 aliphatic carbocycles. The molecule has 0 bridgehead atoms. The molecule has 18 heavy (non-hydrogen) atoms. The van der Waals surface area contributed by atoms with Crippen LogP contribution in [0, 0.1) is 11.8 Å². The molecule has 0 aromatic carbocycles. The molecule has 3 N–H and O–H groups in total. The summed E-state index contributed by atoms with van der Waals surface area (Å²) in [6.45, 7) is 7.75. The first kappa shape index (κ1) is 15.4. The Balaban J connectivity index is 2.43. The summed E-state index contributed by atoms with van der Waals surface area (Å²) >= 11 is 0. The van der Waals surface area contributed by atoms with Gasteiger partial charge in [-0.2, -0.15) is 0 Å². The molecule has 0 aliphatic heterocycles. The van der Waals surface area contributed by atoms with Crippen molar-refractivity contribution in [2.24, 2.45) is 17.6 Å². The first-order chi connectivity index (χ1) is 8.53. The van der Waals surface area contributed by atoms with Crippen LogP contribution in [-0.2, 0) is 9.53 Å². The van der Waals surface area contributed by atoms with Crippen LogP contribution in [0.2, 0.25) is 0 Å². The first-order valence-electron chi connectivity index (χ1n) is 7.13. The standard InChI is InChI=1S/C14H28N2O2/c1-4-16-13(17)9-18-14(10-15)7-5-12(6-8-14)11(2)3/h11-12H,4-10,15H2,1-3H3,(H,16,17).